The average molecular weight is 375 g/mol. The minimum absolute atomic E-state index is 0.271. The van der Waals surface area contributed by atoms with E-state index in [9.17, 15) is 8.42 Å². The summed E-state index contributed by atoms with van der Waals surface area (Å²) < 4.78 is 28.4. The van der Waals surface area contributed by atoms with Crippen molar-refractivity contribution < 1.29 is 8.42 Å². The number of aryl methyl sites for hydroxylation is 1. The average Bonchev–Trinajstić information content (AvgIpc) is 2.93. The number of rotatable bonds is 5. The lowest BCUT2D eigenvalue weighted by atomic mass is 10.2. The first-order valence-electron chi connectivity index (χ1n) is 6.12. The number of thiazole rings is 1. The Balaban J connectivity index is 2.28. The number of aromatic nitrogens is 1. The molecule has 0 amide bonds. The van der Waals surface area contributed by atoms with Crippen LogP contribution in [-0.4, -0.2) is 13.4 Å². The van der Waals surface area contributed by atoms with Gasteiger partial charge in [0.1, 0.15) is 5.01 Å². The van der Waals surface area contributed by atoms with E-state index in [1.165, 1.54) is 11.3 Å². The molecule has 0 fully saturated rings. The Hall–Kier alpha value is -0.760. The summed E-state index contributed by atoms with van der Waals surface area (Å²) in [6.07, 6.45) is 2.34. The molecule has 1 unspecified atom stereocenters. The summed E-state index contributed by atoms with van der Waals surface area (Å²) in [5, 5.41) is 2.63. The Bertz CT molecular complexity index is 684. The molecule has 0 radical (unpaired) electrons. The Morgan fingerprint density at radius 2 is 2.20 bits per heavy atom. The number of halogens is 1. The van der Waals surface area contributed by atoms with Crippen molar-refractivity contribution in [1.82, 2.24) is 9.71 Å². The molecule has 0 bridgehead atoms. The number of nitrogens with zero attached hydrogens (tertiary/aromatic N) is 1. The van der Waals surface area contributed by atoms with Crippen LogP contribution in [-0.2, 0) is 10.0 Å². The summed E-state index contributed by atoms with van der Waals surface area (Å²) in [7, 11) is -3.54. The van der Waals surface area contributed by atoms with E-state index in [1.54, 1.807) is 24.4 Å². The SMILES string of the molecule is CCC(NS(=O)(=O)c1ccc(Br)c(C)c1)c1nccs1. The molecule has 1 aromatic heterocycles. The number of nitrogens with one attached hydrogen (secondary N) is 1. The van der Waals surface area contributed by atoms with E-state index in [4.69, 9.17) is 0 Å². The Labute approximate surface area is 131 Å². The van der Waals surface area contributed by atoms with Gasteiger partial charge < -0.3 is 0 Å². The molecule has 1 atom stereocenters. The van der Waals surface area contributed by atoms with E-state index in [-0.39, 0.29) is 10.9 Å². The van der Waals surface area contributed by atoms with Crippen LogP contribution in [0.15, 0.2) is 39.1 Å². The monoisotopic (exact) mass is 374 g/mol. The first-order chi connectivity index (χ1) is 9.44. The summed E-state index contributed by atoms with van der Waals surface area (Å²) in [4.78, 5) is 4.45. The van der Waals surface area contributed by atoms with E-state index in [0.29, 0.717) is 6.42 Å². The van der Waals surface area contributed by atoms with Gasteiger partial charge in [0.05, 0.1) is 10.9 Å². The maximum atomic E-state index is 12.4. The summed E-state index contributed by atoms with van der Waals surface area (Å²) in [5.74, 6) is 0. The van der Waals surface area contributed by atoms with Crippen LogP contribution in [0.3, 0.4) is 0 Å². The minimum atomic E-state index is -3.54. The topological polar surface area (TPSA) is 59.1 Å². The minimum Gasteiger partial charge on any atom is -0.248 e. The third-order valence-electron chi connectivity index (χ3n) is 2.89. The Morgan fingerprint density at radius 1 is 1.45 bits per heavy atom. The van der Waals surface area contributed by atoms with Crippen molar-refractivity contribution in [2.45, 2.75) is 31.2 Å². The highest BCUT2D eigenvalue weighted by Crippen LogP contribution is 2.24. The molecule has 2 aromatic rings. The lowest BCUT2D eigenvalue weighted by molar-refractivity contribution is 0.549. The lowest BCUT2D eigenvalue weighted by Gasteiger charge is -2.15. The first kappa shape index (κ1) is 15.6. The van der Waals surface area contributed by atoms with Gasteiger partial charge in [-0.1, -0.05) is 22.9 Å². The second kappa shape index (κ2) is 6.34. The fourth-order valence-corrected chi connectivity index (χ4v) is 4.22. The summed E-state index contributed by atoms with van der Waals surface area (Å²) in [5.41, 5.74) is 0.884. The zero-order chi connectivity index (χ0) is 14.8. The molecule has 2 rings (SSSR count). The normalized spacial score (nSPS) is 13.3. The maximum Gasteiger partial charge on any atom is 0.241 e. The highest BCUT2D eigenvalue weighted by Gasteiger charge is 2.22. The van der Waals surface area contributed by atoms with E-state index >= 15 is 0 Å². The van der Waals surface area contributed by atoms with Crippen LogP contribution in [0, 0.1) is 6.92 Å². The maximum absolute atomic E-state index is 12.4. The fraction of sp³-hybridized carbons (Fsp3) is 0.308. The first-order valence-corrected chi connectivity index (χ1v) is 9.27. The molecule has 0 saturated carbocycles. The Kier molecular flexibility index (Phi) is 4.95. The van der Waals surface area contributed by atoms with Gasteiger partial charge in [-0.25, -0.2) is 18.1 Å². The second-order valence-electron chi connectivity index (χ2n) is 4.36. The van der Waals surface area contributed by atoms with Crippen molar-refractivity contribution in [2.75, 3.05) is 0 Å². The van der Waals surface area contributed by atoms with Crippen LogP contribution in [0.5, 0.6) is 0 Å². The van der Waals surface area contributed by atoms with E-state index in [0.717, 1.165) is 15.0 Å². The number of sulfonamides is 1. The van der Waals surface area contributed by atoms with E-state index in [1.807, 2.05) is 19.2 Å². The number of hydrogen-bond acceptors (Lipinski definition) is 4. The zero-order valence-corrected chi connectivity index (χ0v) is 14.3. The van der Waals surface area contributed by atoms with Crippen LogP contribution < -0.4 is 4.72 Å². The third-order valence-corrected chi connectivity index (χ3v) is 6.14. The van der Waals surface area contributed by atoms with Crippen molar-refractivity contribution in [1.29, 1.82) is 0 Å². The van der Waals surface area contributed by atoms with Crippen molar-refractivity contribution >= 4 is 37.3 Å². The van der Waals surface area contributed by atoms with Crippen molar-refractivity contribution in [3.05, 3.63) is 44.8 Å². The predicted octanol–water partition coefficient (Wildman–Crippen LogP) is 3.64. The molecule has 1 N–H and O–H groups in total. The van der Waals surface area contributed by atoms with Crippen LogP contribution in [0.2, 0.25) is 0 Å². The molecule has 0 aliphatic heterocycles. The van der Waals surface area contributed by atoms with Gasteiger partial charge in [-0.15, -0.1) is 11.3 Å². The van der Waals surface area contributed by atoms with Gasteiger partial charge in [-0.2, -0.15) is 0 Å². The second-order valence-corrected chi connectivity index (χ2v) is 7.86. The summed E-state index contributed by atoms with van der Waals surface area (Å²) in [6, 6.07) is 4.70. The van der Waals surface area contributed by atoms with Gasteiger partial charge in [0, 0.05) is 16.0 Å². The zero-order valence-electron chi connectivity index (χ0n) is 11.1. The lowest BCUT2D eigenvalue weighted by Crippen LogP contribution is -2.28. The molecule has 108 valence electrons. The molecule has 7 heteroatoms. The van der Waals surface area contributed by atoms with Gasteiger partial charge >= 0.3 is 0 Å². The van der Waals surface area contributed by atoms with Crippen LogP contribution in [0.4, 0.5) is 0 Å². The highest BCUT2D eigenvalue weighted by atomic mass is 79.9. The molecule has 1 heterocycles. The van der Waals surface area contributed by atoms with E-state index < -0.39 is 10.0 Å². The van der Waals surface area contributed by atoms with Gasteiger partial charge in [-0.05, 0) is 37.1 Å². The standard InChI is InChI=1S/C13H15BrN2O2S2/c1-3-12(13-15-6-7-19-13)16-20(17,18)10-4-5-11(14)9(2)8-10/h4-8,12,16H,3H2,1-2H3. The molecular formula is C13H15BrN2O2S2. The quantitative estimate of drug-likeness (QED) is 0.868. The third kappa shape index (κ3) is 3.46. The summed E-state index contributed by atoms with van der Waals surface area (Å²) in [6.45, 7) is 3.79. The van der Waals surface area contributed by atoms with Gasteiger partial charge in [0.25, 0.3) is 0 Å². The summed E-state index contributed by atoms with van der Waals surface area (Å²) >= 11 is 4.82. The molecule has 0 spiro atoms. The Morgan fingerprint density at radius 3 is 2.75 bits per heavy atom. The molecule has 1 aromatic carbocycles. The molecule has 0 saturated heterocycles. The predicted molar refractivity (Wildman–Crippen MR) is 84.3 cm³/mol. The van der Waals surface area contributed by atoms with Gasteiger partial charge in [0.15, 0.2) is 0 Å². The smallest absolute Gasteiger partial charge is 0.241 e. The largest absolute Gasteiger partial charge is 0.248 e. The van der Waals surface area contributed by atoms with Gasteiger partial charge in [-0.3, -0.25) is 0 Å². The molecule has 0 aliphatic rings. The van der Waals surface area contributed by atoms with Crippen molar-refractivity contribution in [3.63, 3.8) is 0 Å². The van der Waals surface area contributed by atoms with Crippen LogP contribution >= 0.6 is 27.3 Å². The van der Waals surface area contributed by atoms with Crippen molar-refractivity contribution in [3.8, 4) is 0 Å². The van der Waals surface area contributed by atoms with Crippen LogP contribution in [0.25, 0.3) is 0 Å². The molecule has 20 heavy (non-hydrogen) atoms. The fourth-order valence-electron chi connectivity index (χ4n) is 1.75. The molecule has 0 aliphatic carbocycles. The molecular weight excluding hydrogens is 360 g/mol. The van der Waals surface area contributed by atoms with Crippen molar-refractivity contribution in [2.24, 2.45) is 0 Å². The van der Waals surface area contributed by atoms with E-state index in [2.05, 4.69) is 25.6 Å². The highest BCUT2D eigenvalue weighted by molar-refractivity contribution is 9.10. The number of benzene rings is 1. The van der Waals surface area contributed by atoms with Crippen LogP contribution in [0.1, 0.15) is 30.0 Å². The number of hydrogen-bond donors (Lipinski definition) is 1. The molecule has 4 nitrogen and oxygen atoms in total. The van der Waals surface area contributed by atoms with Gasteiger partial charge in [0.2, 0.25) is 10.0 Å².